The molecule has 6 nitrogen and oxygen atoms in total. The maximum atomic E-state index is 12.5. The van der Waals surface area contributed by atoms with Gasteiger partial charge in [-0.05, 0) is 32.9 Å². The normalized spacial score (nSPS) is 18.4. The Hall–Kier alpha value is -1.31. The van der Waals surface area contributed by atoms with Gasteiger partial charge in [-0.2, -0.15) is 17.0 Å². The van der Waals surface area contributed by atoms with Crippen molar-refractivity contribution in [2.24, 2.45) is 0 Å². The Kier molecular flexibility index (Phi) is 5.54. The van der Waals surface area contributed by atoms with E-state index >= 15 is 0 Å². The summed E-state index contributed by atoms with van der Waals surface area (Å²) in [4.78, 5) is 2.22. The lowest BCUT2D eigenvalue weighted by Gasteiger charge is -2.37. The maximum Gasteiger partial charge on any atom is 0.281 e. The largest absolute Gasteiger partial charge is 0.485 e. The lowest BCUT2D eigenvalue weighted by Crippen LogP contribution is -2.50. The molecule has 0 spiro atoms. The molecule has 0 unspecified atom stereocenters. The van der Waals surface area contributed by atoms with Gasteiger partial charge >= 0.3 is 0 Å². The van der Waals surface area contributed by atoms with E-state index < -0.39 is 10.2 Å². The van der Waals surface area contributed by atoms with E-state index in [2.05, 4.69) is 11.8 Å². The second-order valence-corrected chi connectivity index (χ2v) is 8.24. The fourth-order valence-corrected chi connectivity index (χ4v) is 3.97. The average molecular weight is 341 g/mol. The van der Waals surface area contributed by atoms with Gasteiger partial charge < -0.3 is 9.64 Å². The van der Waals surface area contributed by atoms with E-state index in [1.807, 2.05) is 38.1 Å². The molecule has 0 aliphatic carbocycles. The van der Waals surface area contributed by atoms with E-state index in [4.69, 9.17) is 4.74 Å². The SMILES string of the molecule is CCN1C[C@H](CN(C)S(=O)(=O)N(C)C(C)C)Oc2ccccc21. The van der Waals surface area contributed by atoms with Gasteiger partial charge in [0.1, 0.15) is 11.9 Å². The van der Waals surface area contributed by atoms with Crippen LogP contribution in [0.2, 0.25) is 0 Å². The van der Waals surface area contributed by atoms with Gasteiger partial charge in [-0.3, -0.25) is 0 Å². The summed E-state index contributed by atoms with van der Waals surface area (Å²) < 4.78 is 33.8. The molecule has 0 N–H and O–H groups in total. The number of rotatable bonds is 6. The molecule has 0 aromatic heterocycles. The van der Waals surface area contributed by atoms with Crippen molar-refractivity contribution in [2.45, 2.75) is 32.9 Å². The fraction of sp³-hybridized carbons (Fsp3) is 0.625. The highest BCUT2D eigenvalue weighted by Gasteiger charge is 2.31. The van der Waals surface area contributed by atoms with E-state index in [-0.39, 0.29) is 12.1 Å². The van der Waals surface area contributed by atoms with Gasteiger partial charge in [0.2, 0.25) is 0 Å². The zero-order valence-corrected chi connectivity index (χ0v) is 15.4. The first kappa shape index (κ1) is 18.0. The predicted molar refractivity (Wildman–Crippen MR) is 93.2 cm³/mol. The molecule has 0 amide bonds. The van der Waals surface area contributed by atoms with Crippen molar-refractivity contribution in [3.05, 3.63) is 24.3 Å². The van der Waals surface area contributed by atoms with Crippen molar-refractivity contribution in [3.63, 3.8) is 0 Å². The number of anilines is 1. The van der Waals surface area contributed by atoms with Crippen LogP contribution in [0.1, 0.15) is 20.8 Å². The van der Waals surface area contributed by atoms with Crippen LogP contribution in [-0.2, 0) is 10.2 Å². The fourth-order valence-electron chi connectivity index (χ4n) is 2.64. The second kappa shape index (κ2) is 7.07. The van der Waals surface area contributed by atoms with E-state index in [1.54, 1.807) is 14.1 Å². The molecule has 2 rings (SSSR count). The number of ether oxygens (including phenoxy) is 1. The number of hydrogen-bond acceptors (Lipinski definition) is 4. The topological polar surface area (TPSA) is 53.1 Å². The van der Waals surface area contributed by atoms with Gasteiger partial charge in [0.15, 0.2) is 0 Å². The van der Waals surface area contributed by atoms with Crippen LogP contribution in [-0.4, -0.2) is 62.9 Å². The molecule has 0 bridgehead atoms. The summed E-state index contributed by atoms with van der Waals surface area (Å²) in [6, 6.07) is 7.80. The molecule has 1 atom stereocenters. The third-order valence-electron chi connectivity index (χ3n) is 4.25. The molecule has 1 aliphatic rings. The van der Waals surface area contributed by atoms with Gasteiger partial charge in [-0.1, -0.05) is 12.1 Å². The van der Waals surface area contributed by atoms with Crippen LogP contribution in [0.25, 0.3) is 0 Å². The first-order chi connectivity index (χ1) is 10.8. The Bertz CT molecular complexity index is 633. The van der Waals surface area contributed by atoms with E-state index in [0.29, 0.717) is 13.1 Å². The van der Waals surface area contributed by atoms with Gasteiger partial charge in [-0.15, -0.1) is 0 Å². The molecular formula is C16H27N3O3S. The maximum absolute atomic E-state index is 12.5. The summed E-state index contributed by atoms with van der Waals surface area (Å²) in [7, 11) is -0.262. The summed E-state index contributed by atoms with van der Waals surface area (Å²) >= 11 is 0. The Morgan fingerprint density at radius 1 is 1.30 bits per heavy atom. The first-order valence-electron chi connectivity index (χ1n) is 7.97. The van der Waals surface area contributed by atoms with Crippen molar-refractivity contribution in [3.8, 4) is 5.75 Å². The summed E-state index contributed by atoms with van der Waals surface area (Å²) in [6.45, 7) is 7.67. The summed E-state index contributed by atoms with van der Waals surface area (Å²) in [5, 5.41) is 0. The first-order valence-corrected chi connectivity index (χ1v) is 9.37. The Morgan fingerprint density at radius 2 is 1.96 bits per heavy atom. The second-order valence-electron chi connectivity index (χ2n) is 6.14. The van der Waals surface area contributed by atoms with Crippen LogP contribution in [0.15, 0.2) is 24.3 Å². The molecule has 23 heavy (non-hydrogen) atoms. The van der Waals surface area contributed by atoms with Crippen molar-refractivity contribution in [2.75, 3.05) is 38.6 Å². The lowest BCUT2D eigenvalue weighted by molar-refractivity contribution is 0.168. The molecule has 1 heterocycles. The minimum absolute atomic E-state index is 0.0809. The molecule has 0 radical (unpaired) electrons. The highest BCUT2D eigenvalue weighted by atomic mass is 32.2. The van der Waals surface area contributed by atoms with Crippen molar-refractivity contribution in [1.82, 2.24) is 8.61 Å². The number of nitrogens with zero attached hydrogens (tertiary/aromatic N) is 3. The Labute approximate surface area is 139 Å². The number of fused-ring (bicyclic) bond motifs is 1. The highest BCUT2D eigenvalue weighted by Crippen LogP contribution is 2.33. The van der Waals surface area contributed by atoms with Crippen LogP contribution in [0.4, 0.5) is 5.69 Å². The quantitative estimate of drug-likeness (QED) is 0.792. The number of hydrogen-bond donors (Lipinski definition) is 0. The number of para-hydroxylation sites is 2. The third kappa shape index (κ3) is 3.79. The molecule has 130 valence electrons. The predicted octanol–water partition coefficient (Wildman–Crippen LogP) is 1.79. The van der Waals surface area contributed by atoms with Gasteiger partial charge in [0.25, 0.3) is 10.2 Å². The molecule has 0 fully saturated rings. The smallest absolute Gasteiger partial charge is 0.281 e. The summed E-state index contributed by atoms with van der Waals surface area (Å²) in [5.74, 6) is 0.814. The van der Waals surface area contributed by atoms with Crippen LogP contribution in [0.3, 0.4) is 0 Å². The molecule has 0 saturated carbocycles. The molecule has 1 aromatic rings. The van der Waals surface area contributed by atoms with Crippen LogP contribution < -0.4 is 9.64 Å². The number of benzene rings is 1. The van der Waals surface area contributed by atoms with Gasteiger partial charge in [0.05, 0.1) is 18.8 Å². The van der Waals surface area contributed by atoms with E-state index in [1.165, 1.54) is 8.61 Å². The average Bonchev–Trinajstić information content (AvgIpc) is 2.52. The molecule has 7 heteroatoms. The van der Waals surface area contributed by atoms with Gasteiger partial charge in [-0.25, -0.2) is 0 Å². The van der Waals surface area contributed by atoms with E-state index in [9.17, 15) is 8.42 Å². The molecule has 1 aromatic carbocycles. The summed E-state index contributed by atoms with van der Waals surface area (Å²) in [5.41, 5.74) is 1.07. The van der Waals surface area contributed by atoms with Crippen LogP contribution in [0.5, 0.6) is 5.75 Å². The lowest BCUT2D eigenvalue weighted by atomic mass is 10.2. The van der Waals surface area contributed by atoms with Crippen LogP contribution >= 0.6 is 0 Å². The van der Waals surface area contributed by atoms with Crippen LogP contribution in [0, 0.1) is 0 Å². The molecular weight excluding hydrogens is 314 g/mol. The molecule has 0 saturated heterocycles. The zero-order valence-electron chi connectivity index (χ0n) is 14.6. The Morgan fingerprint density at radius 3 is 2.57 bits per heavy atom. The third-order valence-corrected chi connectivity index (χ3v) is 6.34. The Balaban J connectivity index is 2.13. The minimum Gasteiger partial charge on any atom is -0.485 e. The highest BCUT2D eigenvalue weighted by molar-refractivity contribution is 7.86. The minimum atomic E-state index is -3.47. The van der Waals surface area contributed by atoms with E-state index in [0.717, 1.165) is 18.0 Å². The summed E-state index contributed by atoms with van der Waals surface area (Å²) in [6.07, 6.45) is -0.190. The standard InChI is InChI=1S/C16H27N3O3S/c1-6-19-12-14(22-16-10-8-7-9-15(16)19)11-17(4)23(20,21)18(5)13(2)3/h7-10,13-14H,6,11-12H2,1-5H3/t14-/m0/s1. The molecule has 1 aliphatic heterocycles. The monoisotopic (exact) mass is 341 g/mol. The van der Waals surface area contributed by atoms with Gasteiger partial charge in [0, 0.05) is 26.7 Å². The van der Waals surface area contributed by atoms with Crippen molar-refractivity contribution < 1.29 is 13.2 Å². The number of likely N-dealkylation sites (N-methyl/N-ethyl adjacent to an activating group) is 2. The van der Waals surface area contributed by atoms with Crippen molar-refractivity contribution in [1.29, 1.82) is 0 Å². The zero-order chi connectivity index (χ0) is 17.2. The van der Waals surface area contributed by atoms with Crippen molar-refractivity contribution >= 4 is 15.9 Å².